The van der Waals surface area contributed by atoms with Crippen molar-refractivity contribution in [2.45, 2.75) is 24.7 Å². The molecule has 27 heavy (non-hydrogen) atoms. The van der Waals surface area contributed by atoms with Crippen molar-refractivity contribution >= 4 is 15.9 Å². The number of nitrogens with one attached hydrogen (secondary N) is 1. The summed E-state index contributed by atoms with van der Waals surface area (Å²) < 4.78 is 27.2. The normalized spacial score (nSPS) is 20.4. The lowest BCUT2D eigenvalue weighted by Crippen LogP contribution is -3.14. The van der Waals surface area contributed by atoms with E-state index < -0.39 is 10.0 Å². The van der Waals surface area contributed by atoms with Gasteiger partial charge in [-0.1, -0.05) is 12.1 Å². The van der Waals surface area contributed by atoms with Crippen molar-refractivity contribution in [1.82, 2.24) is 9.21 Å². The van der Waals surface area contributed by atoms with E-state index >= 15 is 0 Å². The molecule has 2 heterocycles. The van der Waals surface area contributed by atoms with Gasteiger partial charge in [0.05, 0.1) is 43.2 Å². The molecule has 1 aromatic rings. The highest BCUT2D eigenvalue weighted by molar-refractivity contribution is 7.89. The number of nitriles is 1. The van der Waals surface area contributed by atoms with Gasteiger partial charge in [-0.2, -0.15) is 9.57 Å². The molecule has 2 aliphatic heterocycles. The summed E-state index contributed by atoms with van der Waals surface area (Å²) in [4.78, 5) is 16.3. The summed E-state index contributed by atoms with van der Waals surface area (Å²) >= 11 is 0. The highest BCUT2D eigenvalue weighted by atomic mass is 32.2. The van der Waals surface area contributed by atoms with Crippen molar-refractivity contribution in [2.75, 3.05) is 45.8 Å². The third-order valence-corrected chi connectivity index (χ3v) is 7.67. The third kappa shape index (κ3) is 4.15. The zero-order chi connectivity index (χ0) is 19.4. The highest BCUT2D eigenvalue weighted by Crippen LogP contribution is 2.26. The van der Waals surface area contributed by atoms with Crippen molar-refractivity contribution in [3.8, 4) is 6.07 Å². The number of carbonyl (C=O) groups is 1. The van der Waals surface area contributed by atoms with Crippen molar-refractivity contribution in [1.29, 1.82) is 5.26 Å². The molecule has 0 aromatic heterocycles. The van der Waals surface area contributed by atoms with E-state index in [1.807, 2.05) is 11.0 Å². The summed E-state index contributed by atoms with van der Waals surface area (Å²) in [6.07, 6.45) is 1.07. The van der Waals surface area contributed by atoms with Crippen molar-refractivity contribution < 1.29 is 18.1 Å². The second kappa shape index (κ2) is 8.38. The van der Waals surface area contributed by atoms with Gasteiger partial charge in [0, 0.05) is 19.0 Å². The summed E-state index contributed by atoms with van der Waals surface area (Å²) in [5, 5.41) is 9.19. The molecule has 2 saturated heterocycles. The number of quaternary nitrogens is 1. The zero-order valence-corrected chi connectivity index (χ0v) is 16.5. The van der Waals surface area contributed by atoms with E-state index in [-0.39, 0.29) is 22.3 Å². The summed E-state index contributed by atoms with van der Waals surface area (Å²) in [7, 11) is -3.71. The Balaban J connectivity index is 1.62. The van der Waals surface area contributed by atoms with Crippen molar-refractivity contribution in [2.24, 2.45) is 5.92 Å². The maximum atomic E-state index is 12.9. The number of sulfonamides is 1. The fourth-order valence-electron chi connectivity index (χ4n) is 3.92. The first-order valence-electron chi connectivity index (χ1n) is 9.59. The number of nitrogens with zero attached hydrogens (tertiary/aromatic N) is 3. The number of likely N-dealkylation sites (N-methyl/N-ethyl adjacent to an activating group) is 1. The summed E-state index contributed by atoms with van der Waals surface area (Å²) in [6.45, 7) is 7.43. The van der Waals surface area contributed by atoms with E-state index in [2.05, 4.69) is 6.92 Å². The first kappa shape index (κ1) is 19.8. The van der Waals surface area contributed by atoms with Gasteiger partial charge in [-0.3, -0.25) is 4.79 Å². The first-order valence-corrected chi connectivity index (χ1v) is 11.0. The molecule has 0 aliphatic carbocycles. The van der Waals surface area contributed by atoms with Crippen LogP contribution >= 0.6 is 0 Å². The SMILES string of the molecule is CC[NH+]1CCN(C(=O)C2CCN(S(=O)(=O)c3ccccc3C#N)CC2)CC1. The number of amides is 1. The zero-order valence-electron chi connectivity index (χ0n) is 15.7. The molecule has 2 fully saturated rings. The first-order chi connectivity index (χ1) is 13.0. The maximum absolute atomic E-state index is 12.9. The monoisotopic (exact) mass is 391 g/mol. The van der Waals surface area contributed by atoms with Crippen LogP contribution in [0.4, 0.5) is 0 Å². The average Bonchev–Trinajstić information content (AvgIpc) is 2.73. The van der Waals surface area contributed by atoms with Crippen LogP contribution in [0.25, 0.3) is 0 Å². The standard InChI is InChI=1S/C19H26N4O3S/c1-2-21-11-13-22(14-12-21)19(24)16-7-9-23(10-8-16)27(25,26)18-6-4-3-5-17(18)15-20/h3-6,16H,2,7-14H2,1H3/p+1. The Morgan fingerprint density at radius 1 is 1.19 bits per heavy atom. The maximum Gasteiger partial charge on any atom is 0.244 e. The van der Waals surface area contributed by atoms with E-state index in [1.54, 1.807) is 12.1 Å². The lowest BCUT2D eigenvalue weighted by molar-refractivity contribution is -0.902. The van der Waals surface area contributed by atoms with Crippen LogP contribution in [0, 0.1) is 17.2 Å². The molecular formula is C19H27N4O3S+. The molecule has 0 saturated carbocycles. The molecule has 0 bridgehead atoms. The Bertz CT molecular complexity index is 818. The number of hydrogen-bond donors (Lipinski definition) is 1. The topological polar surface area (TPSA) is 85.9 Å². The van der Waals surface area contributed by atoms with Crippen LogP contribution in [0.5, 0.6) is 0 Å². The molecule has 1 N–H and O–H groups in total. The van der Waals surface area contributed by atoms with Crippen LogP contribution in [-0.4, -0.2) is 69.3 Å². The summed E-state index contributed by atoms with van der Waals surface area (Å²) in [5.74, 6) is 0.0606. The molecule has 0 spiro atoms. The van der Waals surface area contributed by atoms with Crippen LogP contribution in [0.3, 0.4) is 0 Å². The van der Waals surface area contributed by atoms with Gasteiger partial charge in [-0.05, 0) is 31.9 Å². The fraction of sp³-hybridized carbons (Fsp3) is 0.579. The van der Waals surface area contributed by atoms with Crippen LogP contribution in [0.15, 0.2) is 29.2 Å². The quantitative estimate of drug-likeness (QED) is 0.764. The predicted molar refractivity (Wildman–Crippen MR) is 100 cm³/mol. The number of piperazine rings is 1. The van der Waals surface area contributed by atoms with E-state index in [1.165, 1.54) is 21.3 Å². The van der Waals surface area contributed by atoms with Crippen molar-refractivity contribution in [3.05, 3.63) is 29.8 Å². The van der Waals surface area contributed by atoms with E-state index in [0.717, 1.165) is 32.7 Å². The van der Waals surface area contributed by atoms with Crippen LogP contribution in [-0.2, 0) is 14.8 Å². The number of benzene rings is 1. The van der Waals surface area contributed by atoms with Gasteiger partial charge in [0.2, 0.25) is 15.9 Å². The van der Waals surface area contributed by atoms with Gasteiger partial charge in [-0.25, -0.2) is 8.42 Å². The third-order valence-electron chi connectivity index (χ3n) is 5.71. The van der Waals surface area contributed by atoms with E-state index in [4.69, 9.17) is 0 Å². The Morgan fingerprint density at radius 2 is 1.81 bits per heavy atom. The average molecular weight is 392 g/mol. The van der Waals surface area contributed by atoms with Gasteiger partial charge >= 0.3 is 0 Å². The Morgan fingerprint density at radius 3 is 2.41 bits per heavy atom. The van der Waals surface area contributed by atoms with Crippen LogP contribution in [0.1, 0.15) is 25.3 Å². The smallest absolute Gasteiger partial charge is 0.244 e. The Kier molecular flexibility index (Phi) is 6.15. The molecule has 1 amide bonds. The Hall–Kier alpha value is -1.95. The molecule has 3 rings (SSSR count). The second-order valence-electron chi connectivity index (χ2n) is 7.22. The van der Waals surface area contributed by atoms with Gasteiger partial charge in [0.1, 0.15) is 6.07 Å². The van der Waals surface area contributed by atoms with Crippen molar-refractivity contribution in [3.63, 3.8) is 0 Å². The lowest BCUT2D eigenvalue weighted by Gasteiger charge is -2.36. The van der Waals surface area contributed by atoms with Gasteiger partial charge in [-0.15, -0.1) is 0 Å². The predicted octanol–water partition coefficient (Wildman–Crippen LogP) is -0.294. The van der Waals surface area contributed by atoms with Gasteiger partial charge < -0.3 is 9.80 Å². The van der Waals surface area contributed by atoms with Gasteiger partial charge in [0.15, 0.2) is 0 Å². The summed E-state index contributed by atoms with van der Waals surface area (Å²) in [5.41, 5.74) is 0.159. The van der Waals surface area contributed by atoms with E-state index in [0.29, 0.717) is 25.9 Å². The number of hydrogen-bond acceptors (Lipinski definition) is 4. The number of piperidine rings is 1. The lowest BCUT2D eigenvalue weighted by atomic mass is 9.96. The molecule has 2 aliphatic rings. The Labute approximate surface area is 161 Å². The van der Waals surface area contributed by atoms with Gasteiger partial charge in [0.25, 0.3) is 0 Å². The summed E-state index contributed by atoms with van der Waals surface area (Å²) in [6, 6.07) is 8.22. The molecule has 146 valence electrons. The minimum absolute atomic E-state index is 0.0518. The largest absolute Gasteiger partial charge is 0.332 e. The minimum atomic E-state index is -3.71. The highest BCUT2D eigenvalue weighted by Gasteiger charge is 2.35. The molecule has 0 unspecified atom stereocenters. The molecular weight excluding hydrogens is 364 g/mol. The second-order valence-corrected chi connectivity index (χ2v) is 9.12. The van der Waals surface area contributed by atoms with Crippen LogP contribution in [0.2, 0.25) is 0 Å². The molecule has 1 aromatic carbocycles. The fourth-order valence-corrected chi connectivity index (χ4v) is 5.53. The molecule has 7 nitrogen and oxygen atoms in total. The van der Waals surface area contributed by atoms with Crippen LogP contribution < -0.4 is 4.90 Å². The molecule has 0 radical (unpaired) electrons. The molecule has 0 atom stereocenters. The minimum Gasteiger partial charge on any atom is -0.332 e. The number of rotatable bonds is 4. The van der Waals surface area contributed by atoms with E-state index in [9.17, 15) is 18.5 Å². The molecule has 8 heteroatoms. The number of carbonyl (C=O) groups excluding carboxylic acids is 1.